The highest BCUT2D eigenvalue weighted by molar-refractivity contribution is 5.55. The molecule has 0 aromatic heterocycles. The smallest absolute Gasteiger partial charge is 0.145 e. The van der Waals surface area contributed by atoms with Crippen molar-refractivity contribution >= 4 is 5.69 Å². The molecule has 1 rings (SSSR count). The van der Waals surface area contributed by atoms with Crippen molar-refractivity contribution in [2.24, 2.45) is 0 Å². The molecule has 0 radical (unpaired) electrons. The van der Waals surface area contributed by atoms with E-state index in [4.69, 9.17) is 15.2 Å². The maximum Gasteiger partial charge on any atom is 0.145 e. The van der Waals surface area contributed by atoms with Crippen molar-refractivity contribution in [1.29, 1.82) is 0 Å². The van der Waals surface area contributed by atoms with Gasteiger partial charge in [-0.1, -0.05) is 0 Å². The second kappa shape index (κ2) is 6.84. The summed E-state index contributed by atoms with van der Waals surface area (Å²) in [6.45, 7) is 12.5. The van der Waals surface area contributed by atoms with Gasteiger partial charge in [0.2, 0.25) is 0 Å². The molecule has 0 aliphatic rings. The van der Waals surface area contributed by atoms with Crippen LogP contribution in [-0.4, -0.2) is 36.7 Å². The summed E-state index contributed by atoms with van der Waals surface area (Å²) in [5.41, 5.74) is 6.67. The fourth-order valence-corrected chi connectivity index (χ4v) is 2.39. The summed E-state index contributed by atoms with van der Waals surface area (Å²) < 4.78 is 11.0. The van der Waals surface area contributed by atoms with E-state index in [-0.39, 0.29) is 5.54 Å². The molecule has 0 fully saturated rings. The summed E-state index contributed by atoms with van der Waals surface area (Å²) in [4.78, 5) is 2.41. The first-order valence-corrected chi connectivity index (χ1v) is 7.08. The number of nitrogen functional groups attached to an aromatic ring is 1. The molecule has 2 N–H and O–H groups in total. The van der Waals surface area contributed by atoms with Crippen molar-refractivity contribution in [3.63, 3.8) is 0 Å². The van der Waals surface area contributed by atoms with E-state index in [2.05, 4.69) is 39.5 Å². The summed E-state index contributed by atoms with van der Waals surface area (Å²) in [7, 11) is 1.63. The first-order chi connectivity index (χ1) is 9.25. The first-order valence-electron chi connectivity index (χ1n) is 7.08. The molecule has 4 heteroatoms. The van der Waals surface area contributed by atoms with E-state index >= 15 is 0 Å². The number of nitrogens with zero attached hydrogens (tertiary/aromatic N) is 1. The molecule has 0 bridgehead atoms. The number of methoxy groups -OCH3 is 1. The quantitative estimate of drug-likeness (QED) is 0.813. The molecule has 0 saturated heterocycles. The lowest BCUT2D eigenvalue weighted by Gasteiger charge is -2.38. The fourth-order valence-electron chi connectivity index (χ4n) is 2.39. The molecular formula is C16H28N2O2. The topological polar surface area (TPSA) is 47.7 Å². The molecule has 0 unspecified atom stereocenters. The van der Waals surface area contributed by atoms with Gasteiger partial charge in [-0.15, -0.1) is 0 Å². The molecule has 0 aliphatic carbocycles. The van der Waals surface area contributed by atoms with E-state index in [0.717, 1.165) is 12.3 Å². The SMILES string of the molecule is COc1ccc(N)c(OCCN(C(C)C)C(C)(C)C)c1. The Kier molecular flexibility index (Phi) is 5.69. The molecule has 0 spiro atoms. The molecule has 4 nitrogen and oxygen atoms in total. The van der Waals surface area contributed by atoms with E-state index in [9.17, 15) is 0 Å². The van der Waals surface area contributed by atoms with Gasteiger partial charge in [0, 0.05) is 24.2 Å². The second-order valence-electron chi connectivity index (χ2n) is 6.21. The Balaban J connectivity index is 2.63. The second-order valence-corrected chi connectivity index (χ2v) is 6.21. The molecule has 114 valence electrons. The predicted molar refractivity (Wildman–Crippen MR) is 84.5 cm³/mol. The van der Waals surface area contributed by atoms with Crippen LogP contribution in [0.2, 0.25) is 0 Å². The van der Waals surface area contributed by atoms with Crippen molar-refractivity contribution in [3.05, 3.63) is 18.2 Å². The van der Waals surface area contributed by atoms with E-state index in [1.807, 2.05) is 12.1 Å². The molecule has 0 saturated carbocycles. The molecule has 0 aliphatic heterocycles. The van der Waals surface area contributed by atoms with Crippen molar-refractivity contribution < 1.29 is 9.47 Å². The van der Waals surface area contributed by atoms with Gasteiger partial charge in [-0.3, -0.25) is 4.90 Å². The van der Waals surface area contributed by atoms with Gasteiger partial charge < -0.3 is 15.2 Å². The number of rotatable bonds is 6. The predicted octanol–water partition coefficient (Wildman–Crippen LogP) is 3.17. The van der Waals surface area contributed by atoms with Crippen LogP contribution >= 0.6 is 0 Å². The van der Waals surface area contributed by atoms with Crippen LogP contribution in [0.5, 0.6) is 11.5 Å². The Hall–Kier alpha value is -1.42. The summed E-state index contributed by atoms with van der Waals surface area (Å²) >= 11 is 0. The zero-order valence-electron chi connectivity index (χ0n) is 13.6. The minimum Gasteiger partial charge on any atom is -0.497 e. The van der Waals surface area contributed by atoms with Crippen LogP contribution in [0.3, 0.4) is 0 Å². The zero-order valence-corrected chi connectivity index (χ0v) is 13.6. The summed E-state index contributed by atoms with van der Waals surface area (Å²) in [5, 5.41) is 0. The molecule has 0 heterocycles. The number of ether oxygens (including phenoxy) is 2. The van der Waals surface area contributed by atoms with Crippen molar-refractivity contribution in [2.45, 2.75) is 46.2 Å². The third kappa shape index (κ3) is 4.60. The van der Waals surface area contributed by atoms with Gasteiger partial charge in [-0.2, -0.15) is 0 Å². The van der Waals surface area contributed by atoms with Gasteiger partial charge in [0.05, 0.1) is 12.8 Å². The van der Waals surface area contributed by atoms with E-state index in [1.54, 1.807) is 13.2 Å². The minimum absolute atomic E-state index is 0.122. The van der Waals surface area contributed by atoms with Crippen LogP contribution in [0.25, 0.3) is 0 Å². The lowest BCUT2D eigenvalue weighted by molar-refractivity contribution is 0.0801. The van der Waals surface area contributed by atoms with Gasteiger partial charge in [0.25, 0.3) is 0 Å². The Morgan fingerprint density at radius 1 is 1.25 bits per heavy atom. The lowest BCUT2D eigenvalue weighted by Crippen LogP contribution is -2.47. The third-order valence-electron chi connectivity index (χ3n) is 3.30. The van der Waals surface area contributed by atoms with Crippen molar-refractivity contribution in [2.75, 3.05) is 26.0 Å². The molecule has 20 heavy (non-hydrogen) atoms. The largest absolute Gasteiger partial charge is 0.497 e. The minimum atomic E-state index is 0.122. The Morgan fingerprint density at radius 3 is 2.40 bits per heavy atom. The lowest BCUT2D eigenvalue weighted by atomic mass is 10.0. The number of nitrogens with two attached hydrogens (primary N) is 1. The van der Waals surface area contributed by atoms with Crippen LogP contribution in [0.1, 0.15) is 34.6 Å². The molecule has 1 aromatic rings. The molecule has 1 aromatic carbocycles. The van der Waals surface area contributed by atoms with Gasteiger partial charge in [-0.05, 0) is 46.8 Å². The summed E-state index contributed by atoms with van der Waals surface area (Å²) in [5.74, 6) is 1.44. The van der Waals surface area contributed by atoms with Crippen LogP contribution in [-0.2, 0) is 0 Å². The maximum absolute atomic E-state index is 5.91. The van der Waals surface area contributed by atoms with Gasteiger partial charge in [0.15, 0.2) is 0 Å². The molecule has 0 amide bonds. The monoisotopic (exact) mass is 280 g/mol. The number of hydrogen-bond donors (Lipinski definition) is 1. The molecule has 0 atom stereocenters. The average molecular weight is 280 g/mol. The van der Waals surface area contributed by atoms with Crippen LogP contribution in [0.4, 0.5) is 5.69 Å². The molecular weight excluding hydrogens is 252 g/mol. The number of benzene rings is 1. The Labute approximate surface area is 122 Å². The maximum atomic E-state index is 5.91. The average Bonchev–Trinajstić information content (AvgIpc) is 2.34. The van der Waals surface area contributed by atoms with Gasteiger partial charge in [-0.25, -0.2) is 0 Å². The van der Waals surface area contributed by atoms with E-state index in [0.29, 0.717) is 24.1 Å². The fraction of sp³-hybridized carbons (Fsp3) is 0.625. The van der Waals surface area contributed by atoms with Crippen molar-refractivity contribution in [3.8, 4) is 11.5 Å². The number of hydrogen-bond acceptors (Lipinski definition) is 4. The zero-order chi connectivity index (χ0) is 15.3. The Morgan fingerprint density at radius 2 is 1.90 bits per heavy atom. The van der Waals surface area contributed by atoms with Crippen LogP contribution in [0.15, 0.2) is 18.2 Å². The standard InChI is InChI=1S/C16H28N2O2/c1-12(2)18(16(3,4)5)9-10-20-15-11-13(19-6)7-8-14(15)17/h7-8,11-12H,9-10,17H2,1-6H3. The highest BCUT2D eigenvalue weighted by Crippen LogP contribution is 2.27. The Bertz CT molecular complexity index is 425. The highest BCUT2D eigenvalue weighted by atomic mass is 16.5. The normalized spacial score (nSPS) is 12.0. The first kappa shape index (κ1) is 16.6. The highest BCUT2D eigenvalue weighted by Gasteiger charge is 2.23. The number of anilines is 1. The van der Waals surface area contributed by atoms with E-state index in [1.165, 1.54) is 0 Å². The van der Waals surface area contributed by atoms with E-state index < -0.39 is 0 Å². The van der Waals surface area contributed by atoms with Crippen molar-refractivity contribution in [1.82, 2.24) is 4.90 Å². The summed E-state index contributed by atoms with van der Waals surface area (Å²) in [6, 6.07) is 5.93. The third-order valence-corrected chi connectivity index (χ3v) is 3.30. The van der Waals surface area contributed by atoms with Gasteiger partial charge >= 0.3 is 0 Å². The van der Waals surface area contributed by atoms with Crippen LogP contribution < -0.4 is 15.2 Å². The summed E-state index contributed by atoms with van der Waals surface area (Å²) in [6.07, 6.45) is 0. The van der Waals surface area contributed by atoms with Gasteiger partial charge in [0.1, 0.15) is 18.1 Å². The van der Waals surface area contributed by atoms with Crippen LogP contribution in [0, 0.1) is 0 Å².